The van der Waals surface area contributed by atoms with Gasteiger partial charge in [-0.1, -0.05) is 13.0 Å². The number of likely N-dealkylation sites (N-methyl/N-ethyl adjacent to an activating group) is 1. The second-order valence-corrected chi connectivity index (χ2v) is 22.3. The van der Waals surface area contributed by atoms with Gasteiger partial charge in [0.1, 0.15) is 53.8 Å². The van der Waals surface area contributed by atoms with Gasteiger partial charge in [-0.15, -0.1) is 0 Å². The highest BCUT2D eigenvalue weighted by atomic mass is 32.2. The number of hydrogen-bond acceptors (Lipinski definition) is 21. The first kappa shape index (κ1) is 55.3. The summed E-state index contributed by atoms with van der Waals surface area (Å²) in [5.41, 5.74) is 1.22. The van der Waals surface area contributed by atoms with Crippen LogP contribution in [0.3, 0.4) is 0 Å². The third kappa shape index (κ3) is 10.6. The number of aliphatic hydroxyl groups is 3. The van der Waals surface area contributed by atoms with Crippen LogP contribution in [0.25, 0.3) is 22.3 Å². The average Bonchev–Trinajstić information content (AvgIpc) is 4.09. The normalized spacial score (nSPS) is 22.6. The van der Waals surface area contributed by atoms with Crippen LogP contribution in [0.15, 0.2) is 53.3 Å². The van der Waals surface area contributed by atoms with Crippen molar-refractivity contribution in [2.24, 2.45) is 0 Å². The third-order valence-electron chi connectivity index (χ3n) is 14.6. The molecular formula is C52H54N6O21S. The van der Waals surface area contributed by atoms with Crippen LogP contribution in [0.1, 0.15) is 66.3 Å². The lowest BCUT2D eigenvalue weighted by atomic mass is 9.85. The van der Waals surface area contributed by atoms with Crippen LogP contribution in [0.2, 0.25) is 0 Å². The number of aliphatic hydroxyl groups excluding tert-OH is 3. The van der Waals surface area contributed by atoms with Crippen molar-refractivity contribution >= 4 is 68.1 Å². The Hall–Kier alpha value is -8.02. The quantitative estimate of drug-likeness (QED) is 0.0423. The van der Waals surface area contributed by atoms with E-state index >= 15 is 0 Å². The number of cyclic esters (lactones) is 1. The van der Waals surface area contributed by atoms with Gasteiger partial charge in [-0.05, 0) is 60.6 Å². The highest BCUT2D eigenvalue weighted by molar-refractivity contribution is 7.90. The van der Waals surface area contributed by atoms with Gasteiger partial charge < -0.3 is 68.4 Å². The SMILES string of the molecule is CC[C@@]1(OCN(CCS(C)(=O)=O)C(=O)OCc2ccc(O[C@@H]3O[C@H](C(=O)O)[C@@H](O)[C@H](O)[C@H]3O)c(NC(=O)CN(C)C(=O)CCN3C(=O)C=CC3=O)c2)C(=O)OCc2c1cc1n(c2=O)Cc2c-1nc1cc3c(cc1c2C1CC1)OCO3. The first-order chi connectivity index (χ1) is 38.0. The molecule has 1 aliphatic carbocycles. The maximum Gasteiger partial charge on any atom is 0.411 e. The molecule has 1 saturated carbocycles. The van der Waals surface area contributed by atoms with Gasteiger partial charge in [-0.3, -0.25) is 33.8 Å². The molecule has 424 valence electrons. The fourth-order valence-corrected chi connectivity index (χ4v) is 10.7. The van der Waals surface area contributed by atoms with E-state index in [1.807, 2.05) is 6.07 Å². The largest absolute Gasteiger partial charge is 0.479 e. The summed E-state index contributed by atoms with van der Waals surface area (Å²) in [6.45, 7) is -1.27. The summed E-state index contributed by atoms with van der Waals surface area (Å²) in [6.07, 6.45) is -6.86. The van der Waals surface area contributed by atoms with E-state index in [1.54, 1.807) is 23.6 Å². The van der Waals surface area contributed by atoms with Crippen LogP contribution in [0.5, 0.6) is 17.2 Å². The van der Waals surface area contributed by atoms with Crippen molar-refractivity contribution in [2.75, 3.05) is 57.5 Å². The molecule has 10 rings (SSSR count). The zero-order valence-electron chi connectivity index (χ0n) is 43.1. The van der Waals surface area contributed by atoms with Crippen molar-refractivity contribution in [3.05, 3.63) is 86.7 Å². The molecule has 0 radical (unpaired) electrons. The summed E-state index contributed by atoms with van der Waals surface area (Å²) in [5.74, 6) is -4.87. The lowest BCUT2D eigenvalue weighted by molar-refractivity contribution is -0.271. The van der Waals surface area contributed by atoms with E-state index < -0.39 is 126 Å². The number of imide groups is 1. The fraction of sp³-hybridized carbons (Fsp3) is 0.442. The number of carboxylic acids is 1. The smallest absolute Gasteiger partial charge is 0.411 e. The molecule has 5 aliphatic heterocycles. The lowest BCUT2D eigenvalue weighted by Gasteiger charge is -2.38. The monoisotopic (exact) mass is 1130 g/mol. The first-order valence-corrected chi connectivity index (χ1v) is 27.4. The number of fused-ring (bicyclic) bond motifs is 6. The van der Waals surface area contributed by atoms with E-state index in [-0.39, 0.29) is 73.4 Å². The summed E-state index contributed by atoms with van der Waals surface area (Å²) in [4.78, 5) is 113. The molecule has 5 amide bonds. The van der Waals surface area contributed by atoms with Gasteiger partial charge in [-0.25, -0.2) is 27.8 Å². The molecule has 0 spiro atoms. The summed E-state index contributed by atoms with van der Waals surface area (Å²) < 4.78 is 66.6. The molecule has 4 aromatic rings. The molecule has 2 aromatic heterocycles. The highest BCUT2D eigenvalue weighted by Crippen LogP contribution is 2.51. The van der Waals surface area contributed by atoms with Gasteiger partial charge in [0.05, 0.1) is 47.0 Å². The van der Waals surface area contributed by atoms with Crippen LogP contribution in [0, 0.1) is 0 Å². The van der Waals surface area contributed by atoms with Gasteiger partial charge >= 0.3 is 18.0 Å². The number of ether oxygens (including phenoxy) is 7. The maximum atomic E-state index is 14.5. The molecule has 2 aromatic carbocycles. The van der Waals surface area contributed by atoms with Gasteiger partial charge in [-0.2, -0.15) is 0 Å². The lowest BCUT2D eigenvalue weighted by Crippen LogP contribution is -2.61. The molecule has 7 heterocycles. The minimum atomic E-state index is -3.75. The number of carbonyl (C=O) groups is 7. The minimum Gasteiger partial charge on any atom is -0.479 e. The van der Waals surface area contributed by atoms with Crippen LogP contribution >= 0.6 is 0 Å². The van der Waals surface area contributed by atoms with Crippen molar-refractivity contribution in [2.45, 2.75) is 94.6 Å². The number of benzene rings is 2. The predicted octanol–water partition coefficient (Wildman–Crippen LogP) is 0.334. The standard InChI is InChI=1S/C52H54N6O21S/c1-4-52(30-17-33-42-28(19-58(33)47(66)29(30)22-73-50(52)69)41(26-6-7-26)27-16-35-36(76-24-75-35)18-31(27)54-42)77-23-56(13-14-80(3,71)72)51(70)74-21-25-5-8-34(78-49-45(65)43(63)44(64)46(79-49)48(67)68)32(15-25)53-37(59)20-55(2)38(60)11-12-57-39(61)9-10-40(57)62/h5,8-10,15-18,26,43-46,49,63-65H,4,6-7,11-14,19-24H2,1-3H3,(H,53,59)(H,67,68)/t43-,44-,45+,46-,49+,52-/m0/s1. The summed E-state index contributed by atoms with van der Waals surface area (Å²) >= 11 is 0. The number of hydrogen-bond donors (Lipinski definition) is 5. The number of rotatable bonds is 19. The van der Waals surface area contributed by atoms with E-state index in [0.717, 1.165) is 62.5 Å². The Bertz CT molecular complexity index is 3470. The van der Waals surface area contributed by atoms with Crippen molar-refractivity contribution in [1.29, 1.82) is 0 Å². The Balaban J connectivity index is 0.895. The Kier molecular flexibility index (Phi) is 14.9. The molecule has 5 N–H and O–H groups in total. The third-order valence-corrected chi connectivity index (χ3v) is 15.6. The van der Waals surface area contributed by atoms with Crippen molar-refractivity contribution in [1.82, 2.24) is 24.3 Å². The zero-order chi connectivity index (χ0) is 57.1. The Morgan fingerprint density at radius 1 is 0.938 bits per heavy atom. The highest BCUT2D eigenvalue weighted by Gasteiger charge is 2.50. The van der Waals surface area contributed by atoms with Crippen molar-refractivity contribution in [3.63, 3.8) is 0 Å². The number of esters is 1. The molecule has 0 bridgehead atoms. The van der Waals surface area contributed by atoms with Crippen LogP contribution in [-0.4, -0.2) is 178 Å². The molecular weight excluding hydrogens is 1080 g/mol. The van der Waals surface area contributed by atoms with E-state index in [2.05, 4.69) is 5.32 Å². The van der Waals surface area contributed by atoms with Crippen molar-refractivity contribution in [3.8, 4) is 28.6 Å². The fourth-order valence-electron chi connectivity index (χ4n) is 10.2. The Morgan fingerprint density at radius 2 is 1.66 bits per heavy atom. The first-order valence-electron chi connectivity index (χ1n) is 25.3. The molecule has 0 unspecified atom stereocenters. The molecule has 6 atom stereocenters. The Morgan fingerprint density at radius 3 is 2.35 bits per heavy atom. The Labute approximate surface area is 454 Å². The van der Waals surface area contributed by atoms with Crippen LogP contribution in [-0.2, 0) is 82.9 Å². The number of nitrogens with one attached hydrogen (secondary N) is 1. The second kappa shape index (κ2) is 21.6. The number of aliphatic carboxylic acids is 1. The van der Waals surface area contributed by atoms with Gasteiger partial charge in [0.25, 0.3) is 17.4 Å². The van der Waals surface area contributed by atoms with Crippen LogP contribution < -0.4 is 25.1 Å². The van der Waals surface area contributed by atoms with E-state index in [0.29, 0.717) is 28.4 Å². The number of anilines is 1. The average molecular weight is 1130 g/mol. The predicted molar refractivity (Wildman–Crippen MR) is 271 cm³/mol. The molecule has 80 heavy (non-hydrogen) atoms. The number of nitrogens with zero attached hydrogens (tertiary/aromatic N) is 5. The van der Waals surface area contributed by atoms with E-state index in [4.69, 9.17) is 38.1 Å². The minimum absolute atomic E-state index is 0.0629. The zero-order valence-corrected chi connectivity index (χ0v) is 44.0. The maximum absolute atomic E-state index is 14.5. The summed E-state index contributed by atoms with van der Waals surface area (Å²) in [5, 5.41) is 44.4. The number of pyridine rings is 2. The van der Waals surface area contributed by atoms with Crippen molar-refractivity contribution < 1.29 is 95.6 Å². The van der Waals surface area contributed by atoms with Crippen LogP contribution in [0.4, 0.5) is 10.5 Å². The number of carbonyl (C=O) groups excluding carboxylic acids is 6. The van der Waals surface area contributed by atoms with E-state index in [9.17, 15) is 67.2 Å². The number of carboxylic acid groups (broad SMARTS) is 1. The second-order valence-electron chi connectivity index (χ2n) is 20.0. The number of sulfone groups is 1. The summed E-state index contributed by atoms with van der Waals surface area (Å²) in [6, 6.07) is 9.10. The van der Waals surface area contributed by atoms with Gasteiger partial charge in [0, 0.05) is 67.5 Å². The van der Waals surface area contributed by atoms with Gasteiger partial charge in [0.15, 0.2) is 23.2 Å². The topological polar surface area (TPSA) is 356 Å². The molecule has 27 nitrogen and oxygen atoms in total. The van der Waals surface area contributed by atoms with Gasteiger partial charge in [0.2, 0.25) is 24.9 Å². The molecule has 1 saturated heterocycles. The summed E-state index contributed by atoms with van der Waals surface area (Å²) in [7, 11) is -2.48. The van der Waals surface area contributed by atoms with E-state index in [1.165, 1.54) is 25.2 Å². The number of amides is 5. The molecule has 6 aliphatic rings. The number of aromatic nitrogens is 2. The molecule has 28 heteroatoms. The molecule has 2 fully saturated rings.